The van der Waals surface area contributed by atoms with E-state index >= 15 is 0 Å². The van der Waals surface area contributed by atoms with Crippen LogP contribution in [-0.4, -0.2) is 16.0 Å². The van der Waals surface area contributed by atoms with E-state index < -0.39 is 0 Å². The molecule has 94 valence electrons. The normalized spacial score (nSPS) is 10.6. The molecule has 1 aromatic carbocycles. The van der Waals surface area contributed by atoms with E-state index in [9.17, 15) is 0 Å². The van der Waals surface area contributed by atoms with Gasteiger partial charge in [-0.1, -0.05) is 41.1 Å². The lowest BCUT2D eigenvalue weighted by Gasteiger charge is -2.00. The van der Waals surface area contributed by atoms with Gasteiger partial charge in [0.2, 0.25) is 5.89 Å². The lowest BCUT2D eigenvalue weighted by molar-refractivity contribution is 0.466. The van der Waals surface area contributed by atoms with Gasteiger partial charge in [0, 0.05) is 11.3 Å². The molecule has 2 aromatic rings. The standard InChI is InChI=1S/C14H16N2OS/c1-9(2)8-18-14-16-15-13(17-14)12-6-10(3)5-11(4)7-12/h5-7H,1,8H2,2-4H3. The lowest BCUT2D eigenvalue weighted by Crippen LogP contribution is -1.82. The molecule has 4 heteroatoms. The molecule has 1 heterocycles. The van der Waals surface area contributed by atoms with E-state index in [4.69, 9.17) is 4.42 Å². The first-order valence-electron chi connectivity index (χ1n) is 5.74. The van der Waals surface area contributed by atoms with Crippen LogP contribution in [0.1, 0.15) is 18.1 Å². The van der Waals surface area contributed by atoms with E-state index in [1.165, 1.54) is 22.9 Å². The van der Waals surface area contributed by atoms with Gasteiger partial charge in [-0.15, -0.1) is 10.2 Å². The molecule has 0 fully saturated rings. The Morgan fingerprint density at radius 1 is 1.22 bits per heavy atom. The van der Waals surface area contributed by atoms with Gasteiger partial charge in [-0.3, -0.25) is 0 Å². The van der Waals surface area contributed by atoms with Gasteiger partial charge in [0.1, 0.15) is 0 Å². The molecule has 0 unspecified atom stereocenters. The van der Waals surface area contributed by atoms with E-state index in [1.807, 2.05) is 19.1 Å². The van der Waals surface area contributed by atoms with Gasteiger partial charge >= 0.3 is 0 Å². The maximum absolute atomic E-state index is 5.63. The van der Waals surface area contributed by atoms with E-state index in [2.05, 4.69) is 36.7 Å². The number of benzene rings is 1. The third-order valence-electron chi connectivity index (χ3n) is 2.32. The van der Waals surface area contributed by atoms with Gasteiger partial charge in [-0.25, -0.2) is 0 Å². The van der Waals surface area contributed by atoms with Crippen LogP contribution in [0, 0.1) is 13.8 Å². The van der Waals surface area contributed by atoms with Crippen molar-refractivity contribution in [2.45, 2.75) is 26.0 Å². The summed E-state index contributed by atoms with van der Waals surface area (Å²) in [5.41, 5.74) is 4.45. The van der Waals surface area contributed by atoms with E-state index in [-0.39, 0.29) is 0 Å². The number of aromatic nitrogens is 2. The lowest BCUT2D eigenvalue weighted by atomic mass is 10.1. The smallest absolute Gasteiger partial charge is 0.277 e. The topological polar surface area (TPSA) is 38.9 Å². The molecule has 18 heavy (non-hydrogen) atoms. The van der Waals surface area contributed by atoms with Gasteiger partial charge in [-0.05, 0) is 32.9 Å². The van der Waals surface area contributed by atoms with Crippen molar-refractivity contribution in [3.63, 3.8) is 0 Å². The van der Waals surface area contributed by atoms with Crippen LogP contribution in [0.4, 0.5) is 0 Å². The fourth-order valence-electron chi connectivity index (χ4n) is 1.67. The average Bonchev–Trinajstić information content (AvgIpc) is 2.73. The summed E-state index contributed by atoms with van der Waals surface area (Å²) in [6.45, 7) is 9.95. The minimum absolute atomic E-state index is 0.575. The van der Waals surface area contributed by atoms with Crippen LogP contribution in [-0.2, 0) is 0 Å². The summed E-state index contributed by atoms with van der Waals surface area (Å²) in [5.74, 6) is 1.38. The molecule has 2 rings (SSSR count). The summed E-state index contributed by atoms with van der Waals surface area (Å²) in [5, 5.41) is 8.70. The molecule has 0 N–H and O–H groups in total. The number of aryl methyl sites for hydroxylation is 2. The number of rotatable bonds is 4. The Bertz CT molecular complexity index is 555. The highest BCUT2D eigenvalue weighted by molar-refractivity contribution is 7.99. The van der Waals surface area contributed by atoms with E-state index in [1.54, 1.807) is 0 Å². The molecule has 0 amide bonds. The molecule has 0 aliphatic rings. The van der Waals surface area contributed by atoms with Crippen LogP contribution in [0.15, 0.2) is 40.0 Å². The number of nitrogens with zero attached hydrogens (tertiary/aromatic N) is 2. The van der Waals surface area contributed by atoms with Crippen molar-refractivity contribution in [1.82, 2.24) is 10.2 Å². The summed E-state index contributed by atoms with van der Waals surface area (Å²) in [4.78, 5) is 0. The van der Waals surface area contributed by atoms with Crippen molar-refractivity contribution in [2.75, 3.05) is 5.75 Å². The second kappa shape index (κ2) is 5.40. The molecule has 0 bridgehead atoms. The first-order valence-corrected chi connectivity index (χ1v) is 6.72. The van der Waals surface area contributed by atoms with Crippen molar-refractivity contribution in [2.24, 2.45) is 0 Å². The Hall–Kier alpha value is -1.55. The second-order valence-corrected chi connectivity index (χ2v) is 5.42. The Balaban J connectivity index is 2.21. The van der Waals surface area contributed by atoms with E-state index in [0.717, 1.165) is 16.9 Å². The summed E-state index contributed by atoms with van der Waals surface area (Å²) in [6, 6.07) is 6.22. The largest absolute Gasteiger partial charge is 0.411 e. The molecule has 3 nitrogen and oxygen atoms in total. The maximum Gasteiger partial charge on any atom is 0.277 e. The fourth-order valence-corrected chi connectivity index (χ4v) is 2.27. The highest BCUT2D eigenvalue weighted by Crippen LogP contribution is 2.25. The second-order valence-electron chi connectivity index (χ2n) is 4.50. The molecule has 0 aliphatic heterocycles. The highest BCUT2D eigenvalue weighted by Gasteiger charge is 2.09. The van der Waals surface area contributed by atoms with Crippen LogP contribution in [0.3, 0.4) is 0 Å². The van der Waals surface area contributed by atoms with Crippen molar-refractivity contribution in [3.05, 3.63) is 41.5 Å². The molecule has 0 saturated carbocycles. The van der Waals surface area contributed by atoms with Crippen LogP contribution < -0.4 is 0 Å². The predicted molar refractivity (Wildman–Crippen MR) is 74.7 cm³/mol. The number of hydrogen-bond donors (Lipinski definition) is 0. The molecular formula is C14H16N2OS. The summed E-state index contributed by atoms with van der Waals surface area (Å²) < 4.78 is 5.63. The molecule has 1 aromatic heterocycles. The predicted octanol–water partition coefficient (Wildman–Crippen LogP) is 4.02. The van der Waals surface area contributed by atoms with Crippen LogP contribution in [0.2, 0.25) is 0 Å². The number of hydrogen-bond acceptors (Lipinski definition) is 4. The summed E-state index contributed by atoms with van der Waals surface area (Å²) in [7, 11) is 0. The Morgan fingerprint density at radius 2 is 1.89 bits per heavy atom. The quantitative estimate of drug-likeness (QED) is 0.614. The molecular weight excluding hydrogens is 244 g/mol. The average molecular weight is 260 g/mol. The Labute approximate surface area is 111 Å². The van der Waals surface area contributed by atoms with Gasteiger partial charge in [0.15, 0.2) is 0 Å². The zero-order valence-electron chi connectivity index (χ0n) is 10.9. The van der Waals surface area contributed by atoms with Gasteiger partial charge in [0.25, 0.3) is 5.22 Å². The van der Waals surface area contributed by atoms with Crippen molar-refractivity contribution < 1.29 is 4.42 Å². The molecule has 0 aliphatic carbocycles. The molecule has 0 atom stereocenters. The van der Waals surface area contributed by atoms with Crippen LogP contribution in [0.5, 0.6) is 0 Å². The van der Waals surface area contributed by atoms with Gasteiger partial charge < -0.3 is 4.42 Å². The summed E-state index contributed by atoms with van der Waals surface area (Å²) >= 11 is 1.51. The molecule has 0 spiro atoms. The monoisotopic (exact) mass is 260 g/mol. The SMILES string of the molecule is C=C(C)CSc1nnc(-c2cc(C)cc(C)c2)o1. The van der Waals surface area contributed by atoms with Crippen molar-refractivity contribution >= 4 is 11.8 Å². The number of thioether (sulfide) groups is 1. The fraction of sp³-hybridized carbons (Fsp3) is 0.286. The Kier molecular flexibility index (Phi) is 3.87. The highest BCUT2D eigenvalue weighted by atomic mass is 32.2. The van der Waals surface area contributed by atoms with Crippen molar-refractivity contribution in [3.8, 4) is 11.5 Å². The third-order valence-corrected chi connectivity index (χ3v) is 3.37. The van der Waals surface area contributed by atoms with Crippen LogP contribution in [0.25, 0.3) is 11.5 Å². The first-order chi connectivity index (χ1) is 8.54. The zero-order valence-corrected chi connectivity index (χ0v) is 11.7. The molecule has 0 radical (unpaired) electrons. The molecule has 0 saturated heterocycles. The zero-order chi connectivity index (χ0) is 13.1. The maximum atomic E-state index is 5.63. The summed E-state index contributed by atoms with van der Waals surface area (Å²) in [6.07, 6.45) is 0. The minimum atomic E-state index is 0.575. The van der Waals surface area contributed by atoms with E-state index in [0.29, 0.717) is 11.1 Å². The Morgan fingerprint density at radius 3 is 2.50 bits per heavy atom. The minimum Gasteiger partial charge on any atom is -0.411 e. The van der Waals surface area contributed by atoms with Gasteiger partial charge in [-0.2, -0.15) is 0 Å². The first kappa shape index (κ1) is 12.9. The van der Waals surface area contributed by atoms with Crippen LogP contribution >= 0.6 is 11.8 Å². The van der Waals surface area contributed by atoms with Gasteiger partial charge in [0.05, 0.1) is 0 Å². The third kappa shape index (κ3) is 3.23. The van der Waals surface area contributed by atoms with Crippen molar-refractivity contribution in [1.29, 1.82) is 0 Å².